The topological polar surface area (TPSA) is 58.6 Å². The first-order valence-electron chi connectivity index (χ1n) is 8.91. The fraction of sp³-hybridized carbons (Fsp3) is 0.632. The van der Waals surface area contributed by atoms with Gasteiger partial charge in [0.25, 0.3) is 0 Å². The van der Waals surface area contributed by atoms with E-state index in [1.807, 2.05) is 13.0 Å². The van der Waals surface area contributed by atoms with Crippen LogP contribution in [0, 0.1) is 18.8 Å². The van der Waals surface area contributed by atoms with Gasteiger partial charge in [-0.25, -0.2) is 4.79 Å². The molecule has 1 saturated heterocycles. The molecule has 0 radical (unpaired) electrons. The third-order valence-corrected chi connectivity index (χ3v) is 6.08. The molecule has 1 saturated carbocycles. The first-order chi connectivity index (χ1) is 11.2. The number of benzene rings is 1. The Labute approximate surface area is 137 Å². The van der Waals surface area contributed by atoms with Gasteiger partial charge in [0.2, 0.25) is 0 Å². The molecule has 124 valence electrons. The second-order valence-corrected chi connectivity index (χ2v) is 7.32. The van der Waals surface area contributed by atoms with Crippen molar-refractivity contribution >= 4 is 11.7 Å². The molecule has 1 aliphatic carbocycles. The number of carboxylic acids is 1. The van der Waals surface area contributed by atoms with Crippen LogP contribution in [0.3, 0.4) is 0 Å². The van der Waals surface area contributed by atoms with Gasteiger partial charge in [0.05, 0.1) is 11.7 Å². The van der Waals surface area contributed by atoms with E-state index in [9.17, 15) is 9.90 Å². The van der Waals surface area contributed by atoms with Crippen molar-refractivity contribution in [2.45, 2.75) is 57.6 Å². The molecule has 4 nitrogen and oxygen atoms in total. The number of carbonyl (C=O) groups is 1. The SMILES string of the molecule is Cc1c(C(=O)O)ccc2c1NC(C1CCCC1)C1CCCOC21. The third-order valence-electron chi connectivity index (χ3n) is 6.08. The van der Waals surface area contributed by atoms with E-state index >= 15 is 0 Å². The van der Waals surface area contributed by atoms with Crippen molar-refractivity contribution in [1.29, 1.82) is 0 Å². The summed E-state index contributed by atoms with van der Waals surface area (Å²) in [6.07, 6.45) is 7.68. The summed E-state index contributed by atoms with van der Waals surface area (Å²) >= 11 is 0. The molecule has 1 aromatic rings. The van der Waals surface area contributed by atoms with Crippen LogP contribution in [0.15, 0.2) is 12.1 Å². The van der Waals surface area contributed by atoms with Crippen LogP contribution in [0.5, 0.6) is 0 Å². The Morgan fingerprint density at radius 2 is 2.00 bits per heavy atom. The van der Waals surface area contributed by atoms with Crippen LogP contribution >= 0.6 is 0 Å². The second-order valence-electron chi connectivity index (χ2n) is 7.32. The molecule has 2 N–H and O–H groups in total. The lowest BCUT2D eigenvalue weighted by atomic mass is 9.74. The number of aromatic carboxylic acids is 1. The van der Waals surface area contributed by atoms with Gasteiger partial charge in [-0.15, -0.1) is 0 Å². The maximum Gasteiger partial charge on any atom is 0.336 e. The number of hydrogen-bond donors (Lipinski definition) is 2. The van der Waals surface area contributed by atoms with Gasteiger partial charge in [0, 0.05) is 29.8 Å². The highest BCUT2D eigenvalue weighted by atomic mass is 16.5. The normalized spacial score (nSPS) is 30.4. The molecule has 3 atom stereocenters. The van der Waals surface area contributed by atoms with E-state index in [0.717, 1.165) is 29.8 Å². The predicted octanol–water partition coefficient (Wildman–Crippen LogP) is 4.15. The van der Waals surface area contributed by atoms with Crippen LogP contribution in [-0.2, 0) is 4.74 Å². The average Bonchev–Trinajstić information content (AvgIpc) is 3.08. The van der Waals surface area contributed by atoms with E-state index < -0.39 is 5.97 Å². The van der Waals surface area contributed by atoms with Gasteiger partial charge in [-0.1, -0.05) is 18.9 Å². The Hall–Kier alpha value is -1.55. The number of ether oxygens (including phenoxy) is 1. The number of hydrogen-bond acceptors (Lipinski definition) is 3. The summed E-state index contributed by atoms with van der Waals surface area (Å²) in [5.41, 5.74) is 3.43. The Morgan fingerprint density at radius 1 is 1.22 bits per heavy atom. The largest absolute Gasteiger partial charge is 0.478 e. The number of nitrogens with one attached hydrogen (secondary N) is 1. The molecule has 3 unspecified atom stereocenters. The third kappa shape index (κ3) is 2.44. The number of fused-ring (bicyclic) bond motifs is 3. The molecule has 4 rings (SSSR count). The highest BCUT2D eigenvalue weighted by Gasteiger charge is 2.43. The van der Waals surface area contributed by atoms with Gasteiger partial charge in [-0.2, -0.15) is 0 Å². The van der Waals surface area contributed by atoms with Crippen molar-refractivity contribution < 1.29 is 14.6 Å². The quantitative estimate of drug-likeness (QED) is 0.861. The summed E-state index contributed by atoms with van der Waals surface area (Å²) < 4.78 is 6.17. The molecular formula is C19H25NO3. The molecule has 0 bridgehead atoms. The first-order valence-corrected chi connectivity index (χ1v) is 8.91. The van der Waals surface area contributed by atoms with E-state index in [1.54, 1.807) is 6.07 Å². The molecule has 2 fully saturated rings. The molecule has 0 aromatic heterocycles. The van der Waals surface area contributed by atoms with Crippen LogP contribution in [0.4, 0.5) is 5.69 Å². The summed E-state index contributed by atoms with van der Waals surface area (Å²) in [4.78, 5) is 11.5. The van der Waals surface area contributed by atoms with E-state index in [4.69, 9.17) is 4.74 Å². The van der Waals surface area contributed by atoms with Crippen molar-refractivity contribution in [3.8, 4) is 0 Å². The van der Waals surface area contributed by atoms with Gasteiger partial charge in [-0.3, -0.25) is 0 Å². The lowest BCUT2D eigenvalue weighted by molar-refractivity contribution is -0.0437. The number of rotatable bonds is 2. The Balaban J connectivity index is 1.77. The summed E-state index contributed by atoms with van der Waals surface area (Å²) in [7, 11) is 0. The predicted molar refractivity (Wildman–Crippen MR) is 88.9 cm³/mol. The molecule has 3 aliphatic rings. The van der Waals surface area contributed by atoms with Crippen LogP contribution in [0.2, 0.25) is 0 Å². The molecule has 23 heavy (non-hydrogen) atoms. The Bertz CT molecular complexity index is 621. The van der Waals surface area contributed by atoms with Crippen molar-refractivity contribution in [1.82, 2.24) is 0 Å². The highest BCUT2D eigenvalue weighted by molar-refractivity contribution is 5.92. The Kier molecular flexibility index (Phi) is 3.80. The lowest BCUT2D eigenvalue weighted by Crippen LogP contribution is -2.45. The molecule has 1 aromatic carbocycles. The standard InChI is InChI=1S/C19H25NO3/c1-11-13(19(21)22)8-9-15-16(11)20-17(12-5-2-3-6-12)14-7-4-10-23-18(14)15/h8-9,12,14,17-18,20H,2-7,10H2,1H3,(H,21,22). The zero-order valence-corrected chi connectivity index (χ0v) is 13.7. The van der Waals surface area contributed by atoms with Crippen molar-refractivity contribution in [2.75, 3.05) is 11.9 Å². The molecule has 0 spiro atoms. The smallest absolute Gasteiger partial charge is 0.336 e. The molecular weight excluding hydrogens is 290 g/mol. The van der Waals surface area contributed by atoms with Crippen molar-refractivity contribution in [3.63, 3.8) is 0 Å². The molecule has 2 heterocycles. The van der Waals surface area contributed by atoms with Gasteiger partial charge in [0.15, 0.2) is 0 Å². The number of carboxylic acid groups (broad SMARTS) is 1. The summed E-state index contributed by atoms with van der Waals surface area (Å²) in [5, 5.41) is 13.2. The lowest BCUT2D eigenvalue weighted by Gasteiger charge is -2.46. The van der Waals surface area contributed by atoms with E-state index in [-0.39, 0.29) is 6.10 Å². The minimum Gasteiger partial charge on any atom is -0.478 e. The van der Waals surface area contributed by atoms with Crippen LogP contribution in [0.25, 0.3) is 0 Å². The molecule has 0 amide bonds. The van der Waals surface area contributed by atoms with Gasteiger partial charge in [-0.05, 0) is 50.2 Å². The van der Waals surface area contributed by atoms with Crippen LogP contribution < -0.4 is 5.32 Å². The first kappa shape index (κ1) is 15.0. The van der Waals surface area contributed by atoms with Crippen molar-refractivity contribution in [3.05, 3.63) is 28.8 Å². The minimum atomic E-state index is -0.851. The van der Waals surface area contributed by atoms with Crippen LogP contribution in [-0.4, -0.2) is 23.7 Å². The summed E-state index contributed by atoms with van der Waals surface area (Å²) in [6, 6.07) is 4.13. The zero-order chi connectivity index (χ0) is 16.0. The maximum atomic E-state index is 11.5. The Morgan fingerprint density at radius 3 is 2.74 bits per heavy atom. The highest BCUT2D eigenvalue weighted by Crippen LogP contribution is 2.49. The van der Waals surface area contributed by atoms with Gasteiger partial charge < -0.3 is 15.2 Å². The second kappa shape index (κ2) is 5.82. The zero-order valence-electron chi connectivity index (χ0n) is 13.7. The average molecular weight is 315 g/mol. The molecule has 4 heteroatoms. The van der Waals surface area contributed by atoms with E-state index in [2.05, 4.69) is 5.32 Å². The molecule has 2 aliphatic heterocycles. The fourth-order valence-electron chi connectivity index (χ4n) is 4.94. The van der Waals surface area contributed by atoms with E-state index in [0.29, 0.717) is 23.4 Å². The summed E-state index contributed by atoms with van der Waals surface area (Å²) in [5.74, 6) is 0.371. The monoisotopic (exact) mass is 315 g/mol. The summed E-state index contributed by atoms with van der Waals surface area (Å²) in [6.45, 7) is 2.74. The van der Waals surface area contributed by atoms with Gasteiger partial charge >= 0.3 is 5.97 Å². The fourth-order valence-corrected chi connectivity index (χ4v) is 4.94. The maximum absolute atomic E-state index is 11.5. The van der Waals surface area contributed by atoms with E-state index in [1.165, 1.54) is 32.1 Å². The van der Waals surface area contributed by atoms with Crippen LogP contribution in [0.1, 0.15) is 66.1 Å². The minimum absolute atomic E-state index is 0.132. The number of anilines is 1. The van der Waals surface area contributed by atoms with Crippen molar-refractivity contribution in [2.24, 2.45) is 11.8 Å². The van der Waals surface area contributed by atoms with Gasteiger partial charge in [0.1, 0.15) is 0 Å².